The van der Waals surface area contributed by atoms with Crippen LogP contribution in [0, 0.1) is 34.5 Å². The van der Waals surface area contributed by atoms with Gasteiger partial charge in [0, 0.05) is 36.3 Å². The Labute approximate surface area is 154 Å². The molecule has 0 aromatic rings. The summed E-state index contributed by atoms with van der Waals surface area (Å²) < 4.78 is 0. The summed E-state index contributed by atoms with van der Waals surface area (Å²) in [5.74, 6) is 2.00. The van der Waals surface area contributed by atoms with Crippen LogP contribution in [0.5, 0.6) is 0 Å². The minimum Gasteiger partial charge on any atom is -0.362 e. The summed E-state index contributed by atoms with van der Waals surface area (Å²) in [6.45, 7) is 5.56. The number of hydrogen-bond acceptors (Lipinski definition) is 3. The number of carbonyl (C=O) groups excluding carboxylic acids is 2. The molecule has 0 aromatic heterocycles. The van der Waals surface area contributed by atoms with Gasteiger partial charge >= 0.3 is 0 Å². The summed E-state index contributed by atoms with van der Waals surface area (Å²) in [5, 5.41) is 0. The second-order valence-corrected chi connectivity index (χ2v) is 10.1. The van der Waals surface area contributed by atoms with E-state index in [0.717, 1.165) is 49.2 Å². The molecule has 7 atom stereocenters. The molecule has 1 spiro atoms. The zero-order chi connectivity index (χ0) is 17.3. The number of ketones is 2. The van der Waals surface area contributed by atoms with Gasteiger partial charge in [-0.2, -0.15) is 0 Å². The van der Waals surface area contributed by atoms with Crippen LogP contribution in [0.25, 0.3) is 0 Å². The molecular formula is C21H25NO2S. The molecule has 2 aliphatic heterocycles. The van der Waals surface area contributed by atoms with Gasteiger partial charge in [0.15, 0.2) is 5.78 Å². The van der Waals surface area contributed by atoms with Crippen LogP contribution in [-0.2, 0) is 9.59 Å². The highest BCUT2D eigenvalue weighted by atomic mass is 32.1. The lowest BCUT2D eigenvalue weighted by atomic mass is 9.45. The normalized spacial score (nSPS) is 52.8. The minimum atomic E-state index is -0.387. The lowest BCUT2D eigenvalue weighted by Crippen LogP contribution is -2.64. The van der Waals surface area contributed by atoms with E-state index in [1.165, 1.54) is 5.57 Å². The molecule has 2 heterocycles. The van der Waals surface area contributed by atoms with Gasteiger partial charge in [0.2, 0.25) is 0 Å². The Morgan fingerprint density at radius 1 is 1.24 bits per heavy atom. The number of nitrogens with zero attached hydrogens (tertiary/aromatic N) is 1. The van der Waals surface area contributed by atoms with Gasteiger partial charge < -0.3 is 4.90 Å². The Hall–Kier alpha value is -1.03. The third-order valence-corrected chi connectivity index (χ3v) is 9.73. The van der Waals surface area contributed by atoms with Crippen LogP contribution in [0.3, 0.4) is 0 Å². The van der Waals surface area contributed by atoms with Gasteiger partial charge in [-0.05, 0) is 55.1 Å². The highest BCUT2D eigenvalue weighted by molar-refractivity contribution is 7.80. The fourth-order valence-electron chi connectivity index (χ4n) is 8.22. The second kappa shape index (κ2) is 4.27. The predicted octanol–water partition coefficient (Wildman–Crippen LogP) is 3.32. The van der Waals surface area contributed by atoms with Crippen molar-refractivity contribution in [1.29, 1.82) is 0 Å². The number of thiocarbonyl (C=S) groups is 1. The van der Waals surface area contributed by atoms with Crippen LogP contribution >= 0.6 is 12.2 Å². The summed E-state index contributed by atoms with van der Waals surface area (Å²) in [6, 6.07) is 0.408. The Kier molecular flexibility index (Phi) is 2.57. The van der Waals surface area contributed by atoms with Crippen LogP contribution in [0.2, 0.25) is 0 Å². The monoisotopic (exact) mass is 355 g/mol. The van der Waals surface area contributed by atoms with Crippen molar-refractivity contribution in [2.75, 3.05) is 6.54 Å². The van der Waals surface area contributed by atoms with E-state index in [1.54, 1.807) is 0 Å². The zero-order valence-electron chi connectivity index (χ0n) is 15.0. The Morgan fingerprint density at radius 2 is 2.04 bits per heavy atom. The standard InChI is InChI=1S/C21H25NO2S/c1-10-9-22-16-8-13(10)18(24)21-6-5-11-7-15(23)12(17(11)21)3-4-14(19(22)25)20(16,21)2/h10-11,13-14,16H,3-9H2,1-2H3/t10-,11+,13?,14-,16?,20-,21+/m1/s1. The predicted molar refractivity (Wildman–Crippen MR) is 98.0 cm³/mol. The highest BCUT2D eigenvalue weighted by Gasteiger charge is 2.76. The van der Waals surface area contributed by atoms with E-state index >= 15 is 0 Å². The van der Waals surface area contributed by atoms with Gasteiger partial charge in [0.05, 0.1) is 10.4 Å². The number of carbonyl (C=O) groups is 2. The SMILES string of the molecule is C[C@@H]1CN2C(=S)[C@H]3CCC4=C5[C@@H](CC[C@@]56C(=O)C1CC2[C@@]36C)CC4=O. The fraction of sp³-hybridized carbons (Fsp3) is 0.762. The molecule has 4 fully saturated rings. The van der Waals surface area contributed by atoms with Crippen LogP contribution in [0.15, 0.2) is 11.1 Å². The first-order valence-electron chi connectivity index (χ1n) is 10.0. The van der Waals surface area contributed by atoms with Crippen molar-refractivity contribution >= 4 is 28.8 Å². The van der Waals surface area contributed by atoms with Crippen molar-refractivity contribution in [3.8, 4) is 0 Å². The first-order valence-corrected chi connectivity index (χ1v) is 10.4. The van der Waals surface area contributed by atoms with E-state index in [-0.39, 0.29) is 16.7 Å². The average molecular weight is 356 g/mol. The van der Waals surface area contributed by atoms with E-state index in [2.05, 4.69) is 18.7 Å². The molecule has 132 valence electrons. The largest absolute Gasteiger partial charge is 0.362 e. The van der Waals surface area contributed by atoms with E-state index in [0.29, 0.717) is 41.8 Å². The summed E-state index contributed by atoms with van der Waals surface area (Å²) in [5.41, 5.74) is 1.88. The Bertz CT molecular complexity index is 800. The van der Waals surface area contributed by atoms with Gasteiger partial charge in [-0.1, -0.05) is 26.1 Å². The molecule has 0 radical (unpaired) electrons. The first-order chi connectivity index (χ1) is 11.9. The molecule has 25 heavy (non-hydrogen) atoms. The average Bonchev–Trinajstić information content (AvgIpc) is 3.12. The third kappa shape index (κ3) is 1.34. The topological polar surface area (TPSA) is 37.4 Å². The highest BCUT2D eigenvalue weighted by Crippen LogP contribution is 2.73. The van der Waals surface area contributed by atoms with Crippen molar-refractivity contribution < 1.29 is 9.59 Å². The quantitative estimate of drug-likeness (QED) is 0.625. The number of allylic oxidation sites excluding steroid dienone is 2. The summed E-state index contributed by atoms with van der Waals surface area (Å²) in [6.07, 6.45) is 5.45. The first kappa shape index (κ1) is 15.1. The van der Waals surface area contributed by atoms with Crippen molar-refractivity contribution in [2.45, 2.75) is 58.4 Å². The van der Waals surface area contributed by atoms with Gasteiger partial charge in [-0.15, -0.1) is 0 Å². The van der Waals surface area contributed by atoms with E-state index in [9.17, 15) is 9.59 Å². The van der Waals surface area contributed by atoms with Crippen LogP contribution in [-0.4, -0.2) is 34.0 Å². The molecule has 3 nitrogen and oxygen atoms in total. The maximum Gasteiger partial charge on any atom is 0.159 e. The number of rotatable bonds is 0. The van der Waals surface area contributed by atoms with Crippen molar-refractivity contribution in [3.63, 3.8) is 0 Å². The van der Waals surface area contributed by atoms with Gasteiger partial charge in [0.25, 0.3) is 0 Å². The van der Waals surface area contributed by atoms with Crippen LogP contribution in [0.4, 0.5) is 0 Å². The maximum absolute atomic E-state index is 14.0. The van der Waals surface area contributed by atoms with Gasteiger partial charge in [0.1, 0.15) is 5.78 Å². The lowest BCUT2D eigenvalue weighted by molar-refractivity contribution is -0.156. The molecule has 4 heteroatoms. The molecule has 0 amide bonds. The van der Waals surface area contributed by atoms with Crippen molar-refractivity contribution in [2.24, 2.45) is 34.5 Å². The fourth-order valence-corrected chi connectivity index (χ4v) is 8.78. The smallest absolute Gasteiger partial charge is 0.159 e. The Morgan fingerprint density at radius 3 is 2.84 bits per heavy atom. The number of piperidine rings is 1. The van der Waals surface area contributed by atoms with Crippen molar-refractivity contribution in [3.05, 3.63) is 11.1 Å². The summed E-state index contributed by atoms with van der Waals surface area (Å²) >= 11 is 5.99. The second-order valence-electron chi connectivity index (χ2n) is 9.72. The maximum atomic E-state index is 14.0. The molecule has 0 aromatic carbocycles. The molecule has 6 rings (SSSR count). The number of hydrogen-bond donors (Lipinski definition) is 0. The Balaban J connectivity index is 1.69. The molecule has 2 saturated heterocycles. The van der Waals surface area contributed by atoms with E-state index in [1.807, 2.05) is 0 Å². The molecule has 2 bridgehead atoms. The minimum absolute atomic E-state index is 0.0890. The van der Waals surface area contributed by atoms with Gasteiger partial charge in [-0.3, -0.25) is 9.59 Å². The van der Waals surface area contributed by atoms with Gasteiger partial charge in [-0.25, -0.2) is 0 Å². The third-order valence-electron chi connectivity index (χ3n) is 9.21. The molecule has 2 saturated carbocycles. The molecule has 0 N–H and O–H groups in total. The zero-order valence-corrected chi connectivity index (χ0v) is 15.8. The number of Topliss-reactive ketones (excluding diaryl/α,β-unsaturated/α-hetero) is 2. The molecular weight excluding hydrogens is 330 g/mol. The van der Waals surface area contributed by atoms with E-state index in [4.69, 9.17) is 12.2 Å². The lowest BCUT2D eigenvalue weighted by Gasteiger charge is -2.59. The molecule has 4 aliphatic carbocycles. The van der Waals surface area contributed by atoms with Crippen molar-refractivity contribution in [1.82, 2.24) is 4.90 Å². The summed E-state index contributed by atoms with van der Waals surface area (Å²) in [4.78, 5) is 30.4. The van der Waals surface area contributed by atoms with E-state index < -0.39 is 0 Å². The molecule has 2 unspecified atom stereocenters. The molecule has 6 aliphatic rings. The number of fused-ring (bicyclic) bond motifs is 1. The summed E-state index contributed by atoms with van der Waals surface area (Å²) in [7, 11) is 0. The van der Waals surface area contributed by atoms with Crippen LogP contribution < -0.4 is 0 Å². The van der Waals surface area contributed by atoms with Crippen LogP contribution in [0.1, 0.15) is 52.4 Å².